The Bertz CT molecular complexity index is 500. The quantitative estimate of drug-likeness (QED) is 0.821. The molecule has 0 spiro atoms. The average Bonchev–Trinajstić information content (AvgIpc) is 2.73. The van der Waals surface area contributed by atoms with Crippen LogP contribution in [0.1, 0.15) is 52.6 Å². The van der Waals surface area contributed by atoms with Crippen molar-refractivity contribution in [1.29, 1.82) is 0 Å². The van der Waals surface area contributed by atoms with Crippen LogP contribution >= 0.6 is 0 Å². The van der Waals surface area contributed by atoms with E-state index in [2.05, 4.69) is 33.0 Å². The molecule has 0 bridgehead atoms. The maximum absolute atomic E-state index is 14.2. The zero-order valence-electron chi connectivity index (χ0n) is 13.4. The Labute approximate surface area is 124 Å². The summed E-state index contributed by atoms with van der Waals surface area (Å²) in [5, 5.41) is 3.26. The van der Waals surface area contributed by atoms with E-state index < -0.39 is 23.5 Å². The van der Waals surface area contributed by atoms with E-state index in [0.29, 0.717) is 6.54 Å². The molecule has 2 rings (SSSR count). The van der Waals surface area contributed by atoms with Crippen LogP contribution in [0, 0.1) is 34.2 Å². The molecule has 1 aromatic carbocycles. The number of hydrogen-bond acceptors (Lipinski definition) is 1. The third-order valence-electron chi connectivity index (χ3n) is 5.43. The fraction of sp³-hybridized carbons (Fsp3) is 0.647. The predicted molar refractivity (Wildman–Crippen MR) is 78.4 cm³/mol. The summed E-state index contributed by atoms with van der Waals surface area (Å²) < 4.78 is 41.5. The summed E-state index contributed by atoms with van der Waals surface area (Å²) in [4.78, 5) is 0. The van der Waals surface area contributed by atoms with E-state index in [4.69, 9.17) is 0 Å². The Hall–Kier alpha value is -1.03. The molecule has 1 aliphatic carbocycles. The van der Waals surface area contributed by atoms with Crippen molar-refractivity contribution in [2.24, 2.45) is 16.7 Å². The molecule has 0 heterocycles. The lowest BCUT2D eigenvalue weighted by molar-refractivity contribution is 0.378. The van der Waals surface area contributed by atoms with E-state index >= 15 is 0 Å². The molecule has 0 aromatic heterocycles. The van der Waals surface area contributed by atoms with Crippen LogP contribution in [-0.2, 0) is 0 Å². The molecular formula is C17H24F3N. The average molecular weight is 299 g/mol. The molecule has 4 heteroatoms. The van der Waals surface area contributed by atoms with Crippen LogP contribution < -0.4 is 5.32 Å². The monoisotopic (exact) mass is 299 g/mol. The van der Waals surface area contributed by atoms with Gasteiger partial charge in [0.1, 0.15) is 17.5 Å². The fourth-order valence-electron chi connectivity index (χ4n) is 3.62. The highest BCUT2D eigenvalue weighted by Gasteiger charge is 2.67. The van der Waals surface area contributed by atoms with Crippen LogP contribution in [0.4, 0.5) is 13.2 Å². The minimum absolute atomic E-state index is 0.0221. The Balaban J connectivity index is 2.44. The van der Waals surface area contributed by atoms with Crippen molar-refractivity contribution < 1.29 is 13.2 Å². The second kappa shape index (κ2) is 5.31. The van der Waals surface area contributed by atoms with Gasteiger partial charge in [0.15, 0.2) is 0 Å². The van der Waals surface area contributed by atoms with Crippen molar-refractivity contribution in [2.75, 3.05) is 6.54 Å². The van der Waals surface area contributed by atoms with Gasteiger partial charge in [0.25, 0.3) is 0 Å². The molecule has 0 amide bonds. The molecule has 1 fully saturated rings. The highest BCUT2D eigenvalue weighted by Crippen LogP contribution is 2.72. The summed E-state index contributed by atoms with van der Waals surface area (Å²) in [6.45, 7) is 11.1. The highest BCUT2D eigenvalue weighted by molar-refractivity contribution is 5.30. The van der Waals surface area contributed by atoms with Crippen LogP contribution in [0.2, 0.25) is 0 Å². The molecule has 118 valence electrons. The second-order valence-corrected chi connectivity index (χ2v) is 7.14. The predicted octanol–water partition coefficient (Wildman–Crippen LogP) is 4.83. The SMILES string of the molecule is CCCNC(c1c(F)cc(F)cc1F)C1C(C)(C)C1(C)C. The topological polar surface area (TPSA) is 12.0 Å². The maximum Gasteiger partial charge on any atom is 0.133 e. The minimum Gasteiger partial charge on any atom is -0.309 e. The number of halogens is 3. The summed E-state index contributed by atoms with van der Waals surface area (Å²) >= 11 is 0. The van der Waals surface area contributed by atoms with Crippen LogP contribution in [0.3, 0.4) is 0 Å². The van der Waals surface area contributed by atoms with Crippen LogP contribution in [-0.4, -0.2) is 6.54 Å². The zero-order chi connectivity index (χ0) is 16.0. The third kappa shape index (κ3) is 2.59. The smallest absolute Gasteiger partial charge is 0.133 e. The lowest BCUT2D eigenvalue weighted by Gasteiger charge is -2.22. The zero-order valence-corrected chi connectivity index (χ0v) is 13.4. The normalized spacial score (nSPS) is 21.3. The first-order valence-electron chi connectivity index (χ1n) is 7.52. The Morgan fingerprint density at radius 2 is 1.52 bits per heavy atom. The summed E-state index contributed by atoms with van der Waals surface area (Å²) in [6, 6.07) is 1.10. The van der Waals surface area contributed by atoms with E-state index in [9.17, 15) is 13.2 Å². The van der Waals surface area contributed by atoms with Crippen molar-refractivity contribution in [3.8, 4) is 0 Å². The van der Waals surface area contributed by atoms with Crippen molar-refractivity contribution >= 4 is 0 Å². The Morgan fingerprint density at radius 3 is 1.90 bits per heavy atom. The van der Waals surface area contributed by atoms with Crippen molar-refractivity contribution in [3.05, 3.63) is 35.1 Å². The molecule has 1 N–H and O–H groups in total. The molecule has 1 saturated carbocycles. The van der Waals surface area contributed by atoms with E-state index in [1.807, 2.05) is 6.92 Å². The summed E-state index contributed by atoms with van der Waals surface area (Å²) in [5.41, 5.74) is -0.0781. The highest BCUT2D eigenvalue weighted by atomic mass is 19.1. The van der Waals surface area contributed by atoms with Gasteiger partial charge in [-0.05, 0) is 29.7 Å². The largest absolute Gasteiger partial charge is 0.309 e. The standard InChI is InChI=1S/C17H24F3N/c1-6-7-21-14(15-16(2,3)17(15,4)5)13-11(19)8-10(18)9-12(13)20/h8-9,14-15,21H,6-7H2,1-5H3. The van der Waals surface area contributed by atoms with Crippen LogP contribution in [0.25, 0.3) is 0 Å². The third-order valence-corrected chi connectivity index (χ3v) is 5.43. The lowest BCUT2D eigenvalue weighted by Crippen LogP contribution is -2.28. The molecule has 1 unspecified atom stereocenters. The van der Waals surface area contributed by atoms with Gasteiger partial charge in [-0.2, -0.15) is 0 Å². The van der Waals surface area contributed by atoms with Crippen LogP contribution in [0.15, 0.2) is 12.1 Å². The molecule has 0 radical (unpaired) electrons. The van der Waals surface area contributed by atoms with Gasteiger partial charge in [-0.15, -0.1) is 0 Å². The maximum atomic E-state index is 14.2. The molecule has 1 aliphatic rings. The van der Waals surface area contributed by atoms with E-state index in [1.165, 1.54) is 0 Å². The molecule has 0 saturated heterocycles. The summed E-state index contributed by atoms with van der Waals surface area (Å²) in [5.74, 6) is -2.39. The van der Waals surface area contributed by atoms with Gasteiger partial charge in [-0.3, -0.25) is 0 Å². The van der Waals surface area contributed by atoms with E-state index in [-0.39, 0.29) is 22.3 Å². The number of nitrogens with one attached hydrogen (secondary N) is 1. The van der Waals surface area contributed by atoms with Crippen LogP contribution in [0.5, 0.6) is 0 Å². The van der Waals surface area contributed by atoms with Gasteiger partial charge in [-0.25, -0.2) is 13.2 Å². The summed E-state index contributed by atoms with van der Waals surface area (Å²) in [6.07, 6.45) is 0.870. The van der Waals surface area contributed by atoms with Gasteiger partial charge in [0.2, 0.25) is 0 Å². The fourth-order valence-corrected chi connectivity index (χ4v) is 3.62. The van der Waals surface area contributed by atoms with Gasteiger partial charge in [0.05, 0.1) is 0 Å². The molecular weight excluding hydrogens is 275 g/mol. The first kappa shape index (κ1) is 16.3. The van der Waals surface area contributed by atoms with Crippen molar-refractivity contribution in [2.45, 2.75) is 47.1 Å². The van der Waals surface area contributed by atoms with E-state index in [1.54, 1.807) is 0 Å². The minimum atomic E-state index is -0.877. The lowest BCUT2D eigenvalue weighted by atomic mass is 9.95. The van der Waals surface area contributed by atoms with Gasteiger partial charge >= 0.3 is 0 Å². The van der Waals surface area contributed by atoms with Crippen molar-refractivity contribution in [1.82, 2.24) is 5.32 Å². The first-order chi connectivity index (χ1) is 9.64. The molecule has 21 heavy (non-hydrogen) atoms. The van der Waals surface area contributed by atoms with Gasteiger partial charge in [-0.1, -0.05) is 34.6 Å². The molecule has 1 aromatic rings. The first-order valence-corrected chi connectivity index (χ1v) is 7.52. The van der Waals surface area contributed by atoms with E-state index in [0.717, 1.165) is 18.6 Å². The van der Waals surface area contributed by atoms with Crippen molar-refractivity contribution in [3.63, 3.8) is 0 Å². The summed E-state index contributed by atoms with van der Waals surface area (Å²) in [7, 11) is 0. The molecule has 0 aliphatic heterocycles. The Morgan fingerprint density at radius 1 is 1.05 bits per heavy atom. The van der Waals surface area contributed by atoms with Gasteiger partial charge < -0.3 is 5.32 Å². The molecule has 1 atom stereocenters. The van der Waals surface area contributed by atoms with Gasteiger partial charge in [0, 0.05) is 23.7 Å². The molecule has 1 nitrogen and oxygen atoms in total. The number of benzene rings is 1. The second-order valence-electron chi connectivity index (χ2n) is 7.14. The number of hydrogen-bond donors (Lipinski definition) is 1. The Kier molecular flexibility index (Phi) is 4.13. The number of rotatable bonds is 5.